The first-order valence-electron chi connectivity index (χ1n) is 29.0. The van der Waals surface area contributed by atoms with Crippen LogP contribution in [0.4, 0.5) is 0 Å². The molecule has 0 aromatic carbocycles. The van der Waals surface area contributed by atoms with Gasteiger partial charge in [-0.25, -0.2) is 0 Å². The summed E-state index contributed by atoms with van der Waals surface area (Å²) < 4.78 is 96.7. The molecule has 40 atom stereocenters. The fraction of sp³-hybridized carbons (Fsp3) is 0.980. The molecule has 91 heavy (non-hydrogen) atoms. The van der Waals surface area contributed by atoms with E-state index in [9.17, 15) is 122 Å². The van der Waals surface area contributed by atoms with E-state index >= 15 is 0 Å². The van der Waals surface area contributed by atoms with E-state index in [0.717, 1.165) is 6.92 Å². The number of aliphatic hydroxyl groups is 23. The summed E-state index contributed by atoms with van der Waals surface area (Å²) in [4.78, 5) is 12.1. The van der Waals surface area contributed by atoms with E-state index in [2.05, 4.69) is 0 Å². The molecule has 41 nitrogen and oxygen atoms in total. The second-order valence-corrected chi connectivity index (χ2v) is 23.1. The zero-order valence-electron chi connectivity index (χ0n) is 47.9. The lowest BCUT2D eigenvalue weighted by Crippen LogP contribution is -2.69. The number of hydrogen-bond donors (Lipinski definition) is 23. The minimum absolute atomic E-state index is 0.849. The summed E-state index contributed by atoms with van der Waals surface area (Å²) >= 11 is 0. The van der Waals surface area contributed by atoms with Crippen molar-refractivity contribution in [3.8, 4) is 0 Å². The van der Waals surface area contributed by atoms with E-state index in [1.807, 2.05) is 0 Å². The van der Waals surface area contributed by atoms with Gasteiger partial charge >= 0.3 is 5.97 Å². The Morgan fingerprint density at radius 2 is 0.363 bits per heavy atom. The van der Waals surface area contributed by atoms with Gasteiger partial charge in [-0.2, -0.15) is 0 Å². The maximum absolute atomic E-state index is 12.1. The molecule has 30 fully saturated rings. The van der Waals surface area contributed by atoms with Crippen LogP contribution in [-0.4, -0.2) is 422 Å². The van der Waals surface area contributed by atoms with Crippen LogP contribution in [0.15, 0.2) is 0 Å². The van der Waals surface area contributed by atoms with Gasteiger partial charge in [0.15, 0.2) is 50.3 Å². The van der Waals surface area contributed by atoms with E-state index in [1.165, 1.54) is 0 Å². The summed E-state index contributed by atoms with van der Waals surface area (Å²) in [5.41, 5.74) is 0. The lowest BCUT2D eigenvalue weighted by Gasteiger charge is -2.50. The number of esters is 1. The third kappa shape index (κ3) is 14.9. The smallest absolute Gasteiger partial charge is 0.302 e. The van der Waals surface area contributed by atoms with E-state index < -0.39 is 304 Å². The van der Waals surface area contributed by atoms with E-state index in [0.29, 0.717) is 0 Å². The SMILES string of the molecule is CC(=O)OC[C@H]1O[C@@H]2O[C@H]3[C@H](O)[C@@H](O)[C@@H](O[C@H]4[C@H](O)[C@@H](O)[C@@H](O[C@H]5[C@H](O)[C@@H](O)[C@@H](O[C@H]6[C@H](O)[C@@H](O)[C@@H](O[C@H]7[C@H](O)[C@@H](O)[C@@H](O[C@H]8[C@H](O)[C@@H](O)[C@@H](O[C@H]9[C@H](O)[C@@H](O)[C@@H](O[C@H]1[C@H](O)[C@H]2O)O[C@@H]9CO)O[C@@H]8CO)O[C@@H]7CO)O[C@@H]6CO)O[C@@H]5CO)O[C@@H]4CO)O[C@@H]3CO. The molecule has 30 rings (SSSR count). The van der Waals surface area contributed by atoms with Crippen LogP contribution in [0, 0.1) is 0 Å². The van der Waals surface area contributed by atoms with Crippen molar-refractivity contribution in [1.82, 2.24) is 0 Å². The molecular formula is C50H82O41. The molecule has 0 unspecified atom stereocenters. The minimum atomic E-state index is -2.28. The zero-order valence-corrected chi connectivity index (χ0v) is 47.9. The summed E-state index contributed by atoms with van der Waals surface area (Å²) in [5, 5.41) is 256. The highest BCUT2D eigenvalue weighted by Crippen LogP contribution is 2.40. The van der Waals surface area contributed by atoms with E-state index in [4.69, 9.17) is 80.5 Å². The maximum atomic E-state index is 12.1. The molecule has 0 radical (unpaired) electrons. The third-order valence-corrected chi connectivity index (χ3v) is 17.2. The summed E-state index contributed by atoms with van der Waals surface area (Å²) in [6.07, 6.45) is -82.7. The van der Waals surface area contributed by atoms with Crippen LogP contribution < -0.4 is 0 Å². The first-order chi connectivity index (χ1) is 43.2. The molecule has 23 N–H and O–H groups in total. The van der Waals surface area contributed by atoms with Crippen molar-refractivity contribution >= 4 is 5.97 Å². The van der Waals surface area contributed by atoms with Gasteiger partial charge in [-0.3, -0.25) is 4.79 Å². The fourth-order valence-corrected chi connectivity index (χ4v) is 12.1. The Kier molecular flexibility index (Phi) is 25.1. The maximum Gasteiger partial charge on any atom is 0.302 e. The first kappa shape index (κ1) is 73.2. The Morgan fingerprint density at radius 1 is 0.231 bits per heavy atom. The van der Waals surface area contributed by atoms with Crippen LogP contribution in [0.2, 0.25) is 0 Å². The number of carbonyl (C=O) groups is 1. The molecule has 0 spiro atoms. The molecule has 0 aromatic rings. The number of aliphatic hydroxyl groups excluding tert-OH is 23. The highest BCUT2D eigenvalue weighted by atomic mass is 16.8. The van der Waals surface area contributed by atoms with Gasteiger partial charge in [0, 0.05) is 6.92 Å². The monoisotopic (exact) mass is 1340 g/mol. The molecule has 528 valence electrons. The highest BCUT2D eigenvalue weighted by molar-refractivity contribution is 5.65. The lowest BCUT2D eigenvalue weighted by atomic mass is 9.94. The van der Waals surface area contributed by atoms with E-state index in [-0.39, 0.29) is 0 Å². The van der Waals surface area contributed by atoms with Crippen molar-refractivity contribution in [1.29, 1.82) is 0 Å². The Bertz CT molecular complexity index is 2250. The van der Waals surface area contributed by atoms with Gasteiger partial charge in [0.05, 0.1) is 46.2 Å². The molecule has 30 heterocycles. The van der Waals surface area contributed by atoms with Crippen molar-refractivity contribution in [3.05, 3.63) is 0 Å². The number of hydrogen-bond acceptors (Lipinski definition) is 41. The summed E-state index contributed by atoms with van der Waals surface area (Å²) in [5.74, 6) is -0.941. The summed E-state index contributed by atoms with van der Waals surface area (Å²) in [6, 6.07) is 0. The highest BCUT2D eigenvalue weighted by Gasteiger charge is 2.60. The molecule has 30 aliphatic heterocycles. The minimum Gasteiger partial charge on any atom is -0.463 e. The summed E-state index contributed by atoms with van der Waals surface area (Å²) in [7, 11) is 0. The Balaban J connectivity index is 0.989. The second-order valence-electron chi connectivity index (χ2n) is 23.1. The summed E-state index contributed by atoms with van der Waals surface area (Å²) in [6.45, 7) is -7.53. The van der Waals surface area contributed by atoms with E-state index in [1.54, 1.807) is 0 Å². The largest absolute Gasteiger partial charge is 0.463 e. The number of ether oxygens (including phenoxy) is 17. The normalized spacial score (nSPS) is 53.8. The van der Waals surface area contributed by atoms with Crippen molar-refractivity contribution in [2.45, 2.75) is 253 Å². The first-order valence-corrected chi connectivity index (χ1v) is 29.0. The molecule has 41 heteroatoms. The fourth-order valence-electron chi connectivity index (χ4n) is 12.1. The van der Waals surface area contributed by atoms with Crippen LogP contribution in [0.1, 0.15) is 6.92 Å². The van der Waals surface area contributed by atoms with Gasteiger partial charge in [0.2, 0.25) is 0 Å². The van der Waals surface area contributed by atoms with Crippen LogP contribution in [0.5, 0.6) is 0 Å². The standard InChI is InChI=1S/C50H82O41/c1-10(58)75-9-18-42-26(66)34(74)50(83-18)90-41-17(8-57)81-48(32(72)24(41)64)88-39-15(6-55)79-46(30(70)22(39)62)86-37-13(4-53)77-44(28(68)20(37)60)84-35-11(2-51)76-43(27(67)19(35)59)85-36-12(3-52)78-45(29(69)21(36)61)87-38-14(5-54)80-47(31(71)23(38)63)89-40-16(7-56)82-49(91-42)33(73)25(40)65/h11-57,59-74H,2-9H2,1H3/t11-,12-,13-,14-,15-,16-,17-,18-,19-,20-,21-,22-,23-,24-,25-,26-,27-,28-,29-,30-,31-,32-,33-,34-,35-,36-,37-,38-,39-,40-,41-,42-,43-,44-,45-,46-,47-,48-,49-,50-/m1/s1. The van der Waals surface area contributed by atoms with Crippen molar-refractivity contribution < 1.29 is 203 Å². The Hall–Kier alpha value is -2.09. The molecule has 0 aliphatic carbocycles. The molecule has 0 saturated carbocycles. The molecule has 0 amide bonds. The van der Waals surface area contributed by atoms with Gasteiger partial charge in [0.1, 0.15) is 202 Å². The van der Waals surface area contributed by atoms with Gasteiger partial charge < -0.3 is 198 Å². The molecule has 30 aliphatic rings. The quantitative estimate of drug-likeness (QED) is 0.0953. The Labute approximate surface area is 513 Å². The topological polar surface area (TPSA) is 639 Å². The third-order valence-electron chi connectivity index (χ3n) is 17.2. The Morgan fingerprint density at radius 3 is 0.495 bits per heavy atom. The van der Waals surface area contributed by atoms with Gasteiger partial charge in [-0.1, -0.05) is 0 Å². The van der Waals surface area contributed by atoms with Crippen molar-refractivity contribution in [2.24, 2.45) is 0 Å². The van der Waals surface area contributed by atoms with Crippen LogP contribution in [-0.2, 0) is 85.3 Å². The zero-order chi connectivity index (χ0) is 66.3. The van der Waals surface area contributed by atoms with Gasteiger partial charge in [-0.15, -0.1) is 0 Å². The molecular weight excluding hydrogens is 1260 g/mol. The average molecular weight is 1340 g/mol. The predicted octanol–water partition coefficient (Wildman–Crippen LogP) is -16.8. The van der Waals surface area contributed by atoms with Crippen molar-refractivity contribution in [3.63, 3.8) is 0 Å². The van der Waals surface area contributed by atoms with Gasteiger partial charge in [0.25, 0.3) is 0 Å². The van der Waals surface area contributed by atoms with Gasteiger partial charge in [-0.05, 0) is 0 Å². The second kappa shape index (κ2) is 31.2. The predicted molar refractivity (Wildman–Crippen MR) is 271 cm³/mol. The molecule has 30 saturated heterocycles. The lowest BCUT2D eigenvalue weighted by molar-refractivity contribution is -0.404. The van der Waals surface area contributed by atoms with Crippen LogP contribution in [0.3, 0.4) is 0 Å². The molecule has 0 aromatic heterocycles. The number of carbonyl (C=O) groups excluding carboxylic acids is 1. The van der Waals surface area contributed by atoms with Crippen molar-refractivity contribution in [2.75, 3.05) is 52.9 Å². The average Bonchev–Trinajstić information content (AvgIpc) is 0.799. The molecule has 16 bridgehead atoms. The number of rotatable bonds is 9. The van der Waals surface area contributed by atoms with Crippen LogP contribution >= 0.6 is 0 Å². The van der Waals surface area contributed by atoms with Crippen LogP contribution in [0.25, 0.3) is 0 Å².